The first-order valence-corrected chi connectivity index (χ1v) is 6.65. The first kappa shape index (κ1) is 15.0. The van der Waals surface area contributed by atoms with Gasteiger partial charge in [0.05, 0.1) is 17.9 Å². The monoisotopic (exact) mass is 257 g/mol. The van der Waals surface area contributed by atoms with E-state index in [0.29, 0.717) is 19.3 Å². The fraction of sp³-hybridized carbons (Fsp3) is 0.846. The summed E-state index contributed by atoms with van der Waals surface area (Å²) in [4.78, 5) is 23.0. The minimum Gasteiger partial charge on any atom is -0.481 e. The van der Waals surface area contributed by atoms with Crippen molar-refractivity contribution in [1.29, 1.82) is 0 Å². The van der Waals surface area contributed by atoms with E-state index in [1.165, 1.54) is 0 Å². The molecule has 5 heteroatoms. The molecule has 0 radical (unpaired) electrons. The molecule has 1 heterocycles. The molecule has 18 heavy (non-hydrogen) atoms. The van der Waals surface area contributed by atoms with Crippen molar-refractivity contribution in [3.05, 3.63) is 0 Å². The number of carboxylic acids is 1. The van der Waals surface area contributed by atoms with Crippen molar-refractivity contribution in [3.8, 4) is 0 Å². The average Bonchev–Trinajstić information content (AvgIpc) is 2.83. The zero-order chi connectivity index (χ0) is 13.6. The maximum Gasteiger partial charge on any atom is 0.311 e. The lowest BCUT2D eigenvalue weighted by atomic mass is 9.82. The summed E-state index contributed by atoms with van der Waals surface area (Å²) in [5.74, 6) is -0.959. The first-order chi connectivity index (χ1) is 8.54. The number of ether oxygens (including phenoxy) is 1. The van der Waals surface area contributed by atoms with Crippen LogP contribution in [-0.4, -0.2) is 36.2 Å². The molecule has 0 saturated carbocycles. The summed E-state index contributed by atoms with van der Waals surface area (Å²) >= 11 is 0. The molecule has 1 unspecified atom stereocenters. The fourth-order valence-electron chi connectivity index (χ4n) is 2.23. The van der Waals surface area contributed by atoms with E-state index in [9.17, 15) is 14.7 Å². The maximum absolute atomic E-state index is 11.7. The van der Waals surface area contributed by atoms with Gasteiger partial charge in [-0.3, -0.25) is 9.59 Å². The third-order valence-electron chi connectivity index (χ3n) is 3.87. The van der Waals surface area contributed by atoms with Gasteiger partial charge in [0.25, 0.3) is 0 Å². The van der Waals surface area contributed by atoms with Crippen LogP contribution in [-0.2, 0) is 14.3 Å². The molecule has 0 aromatic heterocycles. The van der Waals surface area contributed by atoms with Gasteiger partial charge in [-0.1, -0.05) is 13.8 Å². The molecule has 104 valence electrons. The number of aliphatic carboxylic acids is 1. The van der Waals surface area contributed by atoms with Crippen LogP contribution in [0.1, 0.15) is 46.0 Å². The summed E-state index contributed by atoms with van der Waals surface area (Å²) in [6, 6.07) is 0. The Morgan fingerprint density at radius 2 is 2.06 bits per heavy atom. The Morgan fingerprint density at radius 3 is 2.50 bits per heavy atom. The molecule has 1 rings (SSSR count). The highest BCUT2D eigenvalue weighted by molar-refractivity contribution is 5.79. The summed E-state index contributed by atoms with van der Waals surface area (Å²) in [7, 11) is 0. The van der Waals surface area contributed by atoms with Crippen molar-refractivity contribution in [2.75, 3.05) is 13.2 Å². The Labute approximate surface area is 108 Å². The number of amides is 1. The molecule has 1 amide bonds. The summed E-state index contributed by atoms with van der Waals surface area (Å²) in [5, 5.41) is 12.0. The lowest BCUT2D eigenvalue weighted by molar-refractivity contribution is -0.149. The standard InChI is InChI=1S/C13H23NO4/c1-3-13(4-2,12(16)17)9-14-11(15)8-10-6-5-7-18-10/h10H,3-9H2,1-2H3,(H,14,15)(H,16,17). The van der Waals surface area contributed by atoms with E-state index in [0.717, 1.165) is 19.4 Å². The van der Waals surface area contributed by atoms with Crippen molar-refractivity contribution in [2.45, 2.75) is 52.1 Å². The predicted molar refractivity (Wildman–Crippen MR) is 67.3 cm³/mol. The molecule has 1 aliphatic rings. The molecule has 0 aromatic rings. The van der Waals surface area contributed by atoms with Gasteiger partial charge in [0, 0.05) is 13.2 Å². The Morgan fingerprint density at radius 1 is 1.39 bits per heavy atom. The van der Waals surface area contributed by atoms with Crippen molar-refractivity contribution in [1.82, 2.24) is 5.32 Å². The third-order valence-corrected chi connectivity index (χ3v) is 3.87. The first-order valence-electron chi connectivity index (χ1n) is 6.65. The number of rotatable bonds is 7. The van der Waals surface area contributed by atoms with Gasteiger partial charge < -0.3 is 15.2 Å². The lowest BCUT2D eigenvalue weighted by Crippen LogP contribution is -2.43. The Hall–Kier alpha value is -1.10. The van der Waals surface area contributed by atoms with Gasteiger partial charge in [-0.05, 0) is 25.7 Å². The SMILES string of the molecule is CCC(CC)(CNC(=O)CC1CCCO1)C(=O)O. The molecular formula is C13H23NO4. The largest absolute Gasteiger partial charge is 0.481 e. The van der Waals surface area contributed by atoms with Crippen LogP contribution in [0.2, 0.25) is 0 Å². The number of nitrogens with one attached hydrogen (secondary N) is 1. The van der Waals surface area contributed by atoms with E-state index in [1.54, 1.807) is 0 Å². The molecule has 1 saturated heterocycles. The lowest BCUT2D eigenvalue weighted by Gasteiger charge is -2.27. The molecule has 0 bridgehead atoms. The van der Waals surface area contributed by atoms with Crippen LogP contribution in [0.15, 0.2) is 0 Å². The van der Waals surface area contributed by atoms with Gasteiger partial charge in [0.15, 0.2) is 0 Å². The van der Waals surface area contributed by atoms with E-state index in [4.69, 9.17) is 4.74 Å². The van der Waals surface area contributed by atoms with Crippen LogP contribution in [0.25, 0.3) is 0 Å². The van der Waals surface area contributed by atoms with E-state index < -0.39 is 11.4 Å². The molecule has 2 N–H and O–H groups in total. The van der Waals surface area contributed by atoms with Gasteiger partial charge in [-0.2, -0.15) is 0 Å². The van der Waals surface area contributed by atoms with E-state index in [1.807, 2.05) is 13.8 Å². The molecule has 0 spiro atoms. The summed E-state index contributed by atoms with van der Waals surface area (Å²) in [5.41, 5.74) is -0.841. The van der Waals surface area contributed by atoms with Crippen molar-refractivity contribution in [2.24, 2.45) is 5.41 Å². The molecule has 1 aliphatic heterocycles. The summed E-state index contributed by atoms with van der Waals surface area (Å²) in [6.07, 6.45) is 3.29. The van der Waals surface area contributed by atoms with Crippen LogP contribution in [0.3, 0.4) is 0 Å². The smallest absolute Gasteiger partial charge is 0.311 e. The average molecular weight is 257 g/mol. The minimum atomic E-state index is -0.843. The zero-order valence-corrected chi connectivity index (χ0v) is 11.2. The second-order valence-electron chi connectivity index (χ2n) is 4.91. The minimum absolute atomic E-state index is 0.00693. The van der Waals surface area contributed by atoms with Crippen LogP contribution >= 0.6 is 0 Å². The molecule has 1 fully saturated rings. The highest BCUT2D eigenvalue weighted by atomic mass is 16.5. The third kappa shape index (κ3) is 3.70. The van der Waals surface area contributed by atoms with Gasteiger partial charge in [-0.25, -0.2) is 0 Å². The van der Waals surface area contributed by atoms with E-state index in [2.05, 4.69) is 5.32 Å². The number of hydrogen-bond donors (Lipinski definition) is 2. The van der Waals surface area contributed by atoms with Gasteiger partial charge in [0.1, 0.15) is 0 Å². The van der Waals surface area contributed by atoms with Crippen LogP contribution in [0, 0.1) is 5.41 Å². The van der Waals surface area contributed by atoms with Crippen molar-refractivity contribution < 1.29 is 19.4 Å². The van der Waals surface area contributed by atoms with Crippen LogP contribution < -0.4 is 5.32 Å². The normalized spacial score (nSPS) is 19.8. The van der Waals surface area contributed by atoms with Crippen molar-refractivity contribution in [3.63, 3.8) is 0 Å². The molecule has 0 aromatic carbocycles. The van der Waals surface area contributed by atoms with Gasteiger partial charge in [-0.15, -0.1) is 0 Å². The summed E-state index contributed by atoms with van der Waals surface area (Å²) in [6.45, 7) is 4.59. The van der Waals surface area contributed by atoms with E-state index in [-0.39, 0.29) is 18.6 Å². The van der Waals surface area contributed by atoms with Gasteiger partial charge >= 0.3 is 5.97 Å². The van der Waals surface area contributed by atoms with Crippen molar-refractivity contribution >= 4 is 11.9 Å². The Bertz CT molecular complexity index is 293. The fourth-order valence-corrected chi connectivity index (χ4v) is 2.23. The summed E-state index contributed by atoms with van der Waals surface area (Å²) < 4.78 is 5.38. The second-order valence-corrected chi connectivity index (χ2v) is 4.91. The Kier molecular flexibility index (Phi) is 5.59. The topological polar surface area (TPSA) is 75.6 Å². The highest BCUT2D eigenvalue weighted by Crippen LogP contribution is 2.25. The number of hydrogen-bond acceptors (Lipinski definition) is 3. The van der Waals surface area contributed by atoms with Crippen LogP contribution in [0.4, 0.5) is 0 Å². The van der Waals surface area contributed by atoms with E-state index >= 15 is 0 Å². The maximum atomic E-state index is 11.7. The number of carbonyl (C=O) groups excluding carboxylic acids is 1. The molecule has 1 atom stereocenters. The zero-order valence-electron chi connectivity index (χ0n) is 11.2. The second kappa shape index (κ2) is 6.73. The highest BCUT2D eigenvalue weighted by Gasteiger charge is 2.35. The predicted octanol–water partition coefficient (Wildman–Crippen LogP) is 1.56. The quantitative estimate of drug-likeness (QED) is 0.725. The molecular weight excluding hydrogens is 234 g/mol. The Balaban J connectivity index is 2.41. The number of carbonyl (C=O) groups is 2. The molecule has 5 nitrogen and oxygen atoms in total. The van der Waals surface area contributed by atoms with Gasteiger partial charge in [0.2, 0.25) is 5.91 Å². The molecule has 0 aliphatic carbocycles. The van der Waals surface area contributed by atoms with Crippen LogP contribution in [0.5, 0.6) is 0 Å². The number of carboxylic acid groups (broad SMARTS) is 1.